The van der Waals surface area contributed by atoms with Gasteiger partial charge in [-0.1, -0.05) is 30.3 Å². The maximum Gasteiger partial charge on any atom is 0.360 e. The summed E-state index contributed by atoms with van der Waals surface area (Å²) in [6.07, 6.45) is 7.47. The van der Waals surface area contributed by atoms with E-state index in [4.69, 9.17) is 36.0 Å². The molecule has 0 fully saturated rings. The van der Waals surface area contributed by atoms with Gasteiger partial charge in [-0.2, -0.15) is 0 Å². The molecule has 6 aromatic heterocycles. The molecule has 1 aromatic carbocycles. The Morgan fingerprint density at radius 2 is 1.16 bits per heavy atom. The molecule has 0 saturated carbocycles. The maximum absolute atomic E-state index is 13.0. The number of nitrogens with zero attached hydrogens (tertiary/aromatic N) is 6. The first-order valence-electron chi connectivity index (χ1n) is 15.1. The number of carbonyl (C=O) groups is 3. The van der Waals surface area contributed by atoms with Crippen LogP contribution in [0.1, 0.15) is 64.1 Å². The summed E-state index contributed by atoms with van der Waals surface area (Å²) in [5, 5.41) is 2.72. The maximum atomic E-state index is 13.0. The Balaban J connectivity index is 0.952. The number of rotatable bonds is 12. The van der Waals surface area contributed by atoms with Crippen LogP contribution in [0.25, 0.3) is 46.3 Å². The van der Waals surface area contributed by atoms with Crippen molar-refractivity contribution < 1.29 is 50.4 Å². The molecular formula is C33H25N7O11. The topological polar surface area (TPSA) is 238 Å². The fourth-order valence-electron chi connectivity index (χ4n) is 4.54. The first kappa shape index (κ1) is 32.4. The van der Waals surface area contributed by atoms with Gasteiger partial charge in [0.15, 0.2) is 34.2 Å². The van der Waals surface area contributed by atoms with Crippen molar-refractivity contribution >= 4 is 17.8 Å². The van der Waals surface area contributed by atoms with E-state index < -0.39 is 29.8 Å². The number of carbonyl (C=O) groups excluding carboxylic acids is 3. The smallest absolute Gasteiger partial charge is 0.360 e. The van der Waals surface area contributed by atoms with E-state index in [-0.39, 0.29) is 76.1 Å². The molecule has 18 heteroatoms. The quantitative estimate of drug-likeness (QED) is 0.157. The highest BCUT2D eigenvalue weighted by Gasteiger charge is 2.25. The highest BCUT2D eigenvalue weighted by atomic mass is 16.5. The Bertz CT molecular complexity index is 2310. The highest BCUT2D eigenvalue weighted by Crippen LogP contribution is 2.28. The van der Waals surface area contributed by atoms with Crippen molar-refractivity contribution in [3.05, 3.63) is 96.6 Å². The molecule has 0 radical (unpaired) electrons. The van der Waals surface area contributed by atoms with Gasteiger partial charge in [-0.05, 0) is 19.4 Å². The van der Waals surface area contributed by atoms with Crippen LogP contribution in [0.4, 0.5) is 0 Å². The molecule has 6 heterocycles. The molecule has 7 rings (SSSR count). The molecule has 1 amide bonds. The first-order chi connectivity index (χ1) is 24.7. The molecule has 0 saturated heterocycles. The van der Waals surface area contributed by atoms with Crippen LogP contribution in [0.15, 0.2) is 94.4 Å². The molecule has 1 N–H and O–H groups in total. The minimum absolute atomic E-state index is 0.00908. The van der Waals surface area contributed by atoms with Crippen LogP contribution in [-0.4, -0.2) is 54.9 Å². The van der Waals surface area contributed by atoms with Crippen LogP contribution in [-0.2, 0) is 20.9 Å². The molecule has 258 valence electrons. The van der Waals surface area contributed by atoms with Gasteiger partial charge < -0.3 is 41.3 Å². The predicted octanol–water partition coefficient (Wildman–Crippen LogP) is 5.41. The monoisotopic (exact) mass is 695 g/mol. The number of esters is 2. The van der Waals surface area contributed by atoms with Gasteiger partial charge in [0.1, 0.15) is 56.1 Å². The van der Waals surface area contributed by atoms with Crippen LogP contribution in [0.3, 0.4) is 0 Å². The van der Waals surface area contributed by atoms with E-state index in [2.05, 4.69) is 35.2 Å². The van der Waals surface area contributed by atoms with Crippen molar-refractivity contribution in [3.63, 3.8) is 0 Å². The van der Waals surface area contributed by atoms with E-state index in [1.165, 1.54) is 38.4 Å². The number of hydrogen-bond donors (Lipinski definition) is 1. The minimum atomic E-state index is -0.726. The van der Waals surface area contributed by atoms with Gasteiger partial charge >= 0.3 is 11.9 Å². The lowest BCUT2D eigenvalue weighted by Gasteiger charge is -2.08. The van der Waals surface area contributed by atoms with E-state index >= 15 is 0 Å². The van der Waals surface area contributed by atoms with Crippen molar-refractivity contribution in [2.45, 2.75) is 32.4 Å². The van der Waals surface area contributed by atoms with Gasteiger partial charge in [0.25, 0.3) is 5.91 Å². The van der Waals surface area contributed by atoms with Gasteiger partial charge in [-0.25, -0.2) is 34.7 Å². The standard InChI is InChI=1S/C33H25N7O11/c1-16(32(42)44-3)26-36-20(11-45-26)29-38-22(13-48-29)28-35-19(10-47-28)25(41)34-17(2)27-37-21(12-46-27)30-39-23(14-49-30)31-40-24(15-50-31)33(43)51-9-18-7-5-4-6-8-18/h4-8,10-17H,9H2,1-3H3,(H,34,41). The van der Waals surface area contributed by atoms with Crippen LogP contribution in [0, 0.1) is 0 Å². The number of benzene rings is 1. The lowest BCUT2D eigenvalue weighted by molar-refractivity contribution is -0.142. The summed E-state index contributed by atoms with van der Waals surface area (Å²) in [7, 11) is 1.27. The molecule has 0 aliphatic carbocycles. The third-order valence-corrected chi connectivity index (χ3v) is 7.23. The number of oxazole rings is 6. The molecule has 0 aliphatic rings. The number of hydrogen-bond acceptors (Lipinski definition) is 17. The van der Waals surface area contributed by atoms with Crippen LogP contribution in [0.2, 0.25) is 0 Å². The Morgan fingerprint density at radius 1 is 0.647 bits per heavy atom. The Hall–Kier alpha value is -7.11. The largest absolute Gasteiger partial charge is 0.468 e. The number of aromatic nitrogens is 6. The number of methoxy groups -OCH3 is 1. The fraction of sp³-hybridized carbons (Fsp3) is 0.182. The van der Waals surface area contributed by atoms with E-state index in [0.29, 0.717) is 0 Å². The third kappa shape index (κ3) is 6.91. The van der Waals surface area contributed by atoms with Crippen LogP contribution in [0.5, 0.6) is 0 Å². The molecular weight excluding hydrogens is 670 g/mol. The zero-order chi connectivity index (χ0) is 35.5. The predicted molar refractivity (Wildman–Crippen MR) is 167 cm³/mol. The van der Waals surface area contributed by atoms with E-state index in [9.17, 15) is 14.4 Å². The summed E-state index contributed by atoms with van der Waals surface area (Å²) in [4.78, 5) is 62.7. The average molecular weight is 696 g/mol. The summed E-state index contributed by atoms with van der Waals surface area (Å²) in [5.41, 5.74) is 1.62. The lowest BCUT2D eigenvalue weighted by atomic mass is 10.2. The van der Waals surface area contributed by atoms with E-state index in [1.807, 2.05) is 30.3 Å². The van der Waals surface area contributed by atoms with Crippen LogP contribution < -0.4 is 5.32 Å². The molecule has 0 aliphatic heterocycles. The second kappa shape index (κ2) is 13.8. The number of nitrogens with one attached hydrogen (secondary N) is 1. The molecule has 2 unspecified atom stereocenters. The van der Waals surface area contributed by atoms with E-state index in [0.717, 1.165) is 11.8 Å². The zero-order valence-electron chi connectivity index (χ0n) is 26.9. The van der Waals surface area contributed by atoms with Crippen molar-refractivity contribution in [1.82, 2.24) is 35.2 Å². The minimum Gasteiger partial charge on any atom is -0.468 e. The van der Waals surface area contributed by atoms with Gasteiger partial charge in [-0.3, -0.25) is 9.59 Å². The molecule has 0 spiro atoms. The molecule has 7 aromatic rings. The van der Waals surface area contributed by atoms with Gasteiger partial charge in [0.2, 0.25) is 35.3 Å². The molecule has 18 nitrogen and oxygen atoms in total. The number of amides is 1. The van der Waals surface area contributed by atoms with Crippen molar-refractivity contribution in [2.75, 3.05) is 7.11 Å². The van der Waals surface area contributed by atoms with Gasteiger partial charge in [0, 0.05) is 0 Å². The summed E-state index contributed by atoms with van der Waals surface area (Å²) >= 11 is 0. The van der Waals surface area contributed by atoms with Gasteiger partial charge in [-0.15, -0.1) is 0 Å². The molecule has 51 heavy (non-hydrogen) atoms. The SMILES string of the molecule is COC(=O)C(C)c1nc(-c2nc(-c3nc(C(=O)NC(C)c4nc(-c5nc(-c6nc(C(=O)OCc7ccccc7)co6)co5)co4)co3)co2)co1. The van der Waals surface area contributed by atoms with Gasteiger partial charge in [0.05, 0.1) is 7.11 Å². The Morgan fingerprint density at radius 3 is 1.80 bits per heavy atom. The van der Waals surface area contributed by atoms with Crippen molar-refractivity contribution in [2.24, 2.45) is 0 Å². The summed E-state index contributed by atoms with van der Waals surface area (Å²) in [5.74, 6) is -1.99. The van der Waals surface area contributed by atoms with Crippen molar-refractivity contribution in [3.8, 4) is 46.3 Å². The molecule has 0 bridgehead atoms. The average Bonchev–Trinajstić information content (AvgIpc) is 4.00. The fourth-order valence-corrected chi connectivity index (χ4v) is 4.54. The summed E-state index contributed by atoms with van der Waals surface area (Å²) in [6.45, 7) is 3.32. The Kier molecular flexibility index (Phi) is 8.77. The lowest BCUT2D eigenvalue weighted by Crippen LogP contribution is -2.27. The zero-order valence-corrected chi connectivity index (χ0v) is 26.9. The number of ether oxygens (including phenoxy) is 2. The van der Waals surface area contributed by atoms with E-state index in [1.54, 1.807) is 13.8 Å². The van der Waals surface area contributed by atoms with Crippen molar-refractivity contribution in [1.29, 1.82) is 0 Å². The highest BCUT2D eigenvalue weighted by molar-refractivity contribution is 5.92. The summed E-state index contributed by atoms with van der Waals surface area (Å²) in [6, 6.07) is 8.52. The van der Waals surface area contributed by atoms with Crippen LogP contribution >= 0.6 is 0 Å². The first-order valence-corrected chi connectivity index (χ1v) is 15.1. The second-order valence-corrected chi connectivity index (χ2v) is 10.8. The second-order valence-electron chi connectivity index (χ2n) is 10.8. The third-order valence-electron chi connectivity index (χ3n) is 7.23. The molecule has 2 atom stereocenters. The normalized spacial score (nSPS) is 12.4. The Labute approximate surface area is 285 Å². The summed E-state index contributed by atoms with van der Waals surface area (Å²) < 4.78 is 42.7.